The van der Waals surface area contributed by atoms with Crippen molar-refractivity contribution >= 4 is 17.3 Å². The number of hydrogen-bond acceptors (Lipinski definition) is 2. The second kappa shape index (κ2) is 6.51. The van der Waals surface area contributed by atoms with E-state index in [1.807, 2.05) is 25.1 Å². The van der Waals surface area contributed by atoms with Crippen molar-refractivity contribution in [2.45, 2.75) is 19.9 Å². The van der Waals surface area contributed by atoms with Gasteiger partial charge in [0, 0.05) is 5.69 Å². The molecule has 0 radical (unpaired) electrons. The molecule has 0 saturated carbocycles. The largest absolute Gasteiger partial charge is 0.374 e. The van der Waals surface area contributed by atoms with Crippen LogP contribution in [0.2, 0.25) is 0 Å². The zero-order chi connectivity index (χ0) is 16.3. The number of hydrogen-bond donors (Lipinski definition) is 2. The molecule has 6 heteroatoms. The molecule has 0 spiro atoms. The van der Waals surface area contributed by atoms with Crippen molar-refractivity contribution in [2.75, 3.05) is 10.6 Å². The molecule has 0 bridgehead atoms. The average Bonchev–Trinajstić information content (AvgIpc) is 2.47. The molecule has 3 nitrogen and oxygen atoms in total. The van der Waals surface area contributed by atoms with E-state index in [1.54, 1.807) is 13.0 Å². The van der Waals surface area contributed by atoms with Crippen LogP contribution in [0.4, 0.5) is 24.5 Å². The van der Waals surface area contributed by atoms with Crippen LogP contribution in [0.5, 0.6) is 0 Å². The van der Waals surface area contributed by atoms with E-state index >= 15 is 0 Å². The first-order valence-corrected chi connectivity index (χ1v) is 6.66. The second-order valence-corrected chi connectivity index (χ2v) is 4.95. The Morgan fingerprint density at radius 3 is 2.50 bits per heavy atom. The van der Waals surface area contributed by atoms with Gasteiger partial charge in [-0.25, -0.2) is 13.2 Å². The Morgan fingerprint density at radius 2 is 1.82 bits per heavy atom. The third kappa shape index (κ3) is 3.58. The number of carbonyl (C=O) groups excluding carboxylic acids is 1. The van der Waals surface area contributed by atoms with Gasteiger partial charge in [0.2, 0.25) is 5.91 Å². The first-order chi connectivity index (χ1) is 10.4. The summed E-state index contributed by atoms with van der Waals surface area (Å²) < 4.78 is 39.5. The van der Waals surface area contributed by atoms with Gasteiger partial charge in [0.15, 0.2) is 17.5 Å². The van der Waals surface area contributed by atoms with Crippen LogP contribution in [0.3, 0.4) is 0 Å². The Bertz CT molecular complexity index is 704. The van der Waals surface area contributed by atoms with Crippen molar-refractivity contribution in [2.24, 2.45) is 0 Å². The number of rotatable bonds is 4. The topological polar surface area (TPSA) is 41.1 Å². The van der Waals surface area contributed by atoms with E-state index in [0.29, 0.717) is 0 Å². The van der Waals surface area contributed by atoms with Crippen molar-refractivity contribution in [3.05, 3.63) is 59.4 Å². The molecule has 0 saturated heterocycles. The second-order valence-electron chi connectivity index (χ2n) is 4.95. The number of halogens is 3. The number of benzene rings is 2. The van der Waals surface area contributed by atoms with Crippen LogP contribution >= 0.6 is 0 Å². The van der Waals surface area contributed by atoms with Crippen LogP contribution in [0.25, 0.3) is 0 Å². The quantitative estimate of drug-likeness (QED) is 0.842. The Balaban J connectivity index is 2.07. The molecule has 22 heavy (non-hydrogen) atoms. The van der Waals surface area contributed by atoms with Gasteiger partial charge >= 0.3 is 0 Å². The number of anilines is 2. The standard InChI is InChI=1S/C16H15F3N2O/c1-9-4-3-5-11(8-9)20-10(2)16(22)21-13-7-6-12(17)14(18)15(13)19/h3-8,10,20H,1-2H3,(H,21,22)/t10-/m1/s1. The monoisotopic (exact) mass is 308 g/mol. The van der Waals surface area contributed by atoms with Crippen LogP contribution in [-0.4, -0.2) is 11.9 Å². The summed E-state index contributed by atoms with van der Waals surface area (Å²) in [6, 6.07) is 8.42. The molecule has 2 aromatic rings. The fourth-order valence-electron chi connectivity index (χ4n) is 1.91. The smallest absolute Gasteiger partial charge is 0.246 e. The van der Waals surface area contributed by atoms with Gasteiger partial charge < -0.3 is 10.6 Å². The molecule has 2 N–H and O–H groups in total. The summed E-state index contributed by atoms with van der Waals surface area (Å²) in [5.74, 6) is -4.90. The van der Waals surface area contributed by atoms with Gasteiger partial charge in [-0.1, -0.05) is 12.1 Å². The van der Waals surface area contributed by atoms with E-state index in [9.17, 15) is 18.0 Å². The molecular formula is C16H15F3N2O. The fourth-order valence-corrected chi connectivity index (χ4v) is 1.91. The van der Waals surface area contributed by atoms with Gasteiger partial charge in [-0.05, 0) is 43.7 Å². The predicted molar refractivity (Wildman–Crippen MR) is 79.2 cm³/mol. The van der Waals surface area contributed by atoms with Gasteiger partial charge in [-0.15, -0.1) is 0 Å². The zero-order valence-corrected chi connectivity index (χ0v) is 12.1. The van der Waals surface area contributed by atoms with Gasteiger partial charge in [-0.2, -0.15) is 0 Å². The molecule has 0 unspecified atom stereocenters. The molecule has 1 amide bonds. The zero-order valence-electron chi connectivity index (χ0n) is 12.1. The number of carbonyl (C=O) groups is 1. The van der Waals surface area contributed by atoms with Crippen molar-refractivity contribution in [1.29, 1.82) is 0 Å². The SMILES string of the molecule is Cc1cccc(N[C@H](C)C(=O)Nc2ccc(F)c(F)c2F)c1. The summed E-state index contributed by atoms with van der Waals surface area (Å²) >= 11 is 0. The maximum Gasteiger partial charge on any atom is 0.246 e. The molecular weight excluding hydrogens is 293 g/mol. The van der Waals surface area contributed by atoms with Crippen LogP contribution in [-0.2, 0) is 4.79 Å². The van der Waals surface area contributed by atoms with Crippen LogP contribution < -0.4 is 10.6 Å². The Labute approximate surface area is 126 Å². The van der Waals surface area contributed by atoms with Gasteiger partial charge in [-0.3, -0.25) is 4.79 Å². The van der Waals surface area contributed by atoms with Crippen molar-refractivity contribution in [1.82, 2.24) is 0 Å². The van der Waals surface area contributed by atoms with E-state index in [4.69, 9.17) is 0 Å². The lowest BCUT2D eigenvalue weighted by atomic mass is 10.2. The molecule has 0 heterocycles. The molecule has 2 aromatic carbocycles. The molecule has 0 aliphatic rings. The van der Waals surface area contributed by atoms with Crippen molar-refractivity contribution in [3.63, 3.8) is 0 Å². The fraction of sp³-hybridized carbons (Fsp3) is 0.188. The summed E-state index contributed by atoms with van der Waals surface area (Å²) in [6.07, 6.45) is 0. The van der Waals surface area contributed by atoms with E-state index in [0.717, 1.165) is 23.4 Å². The number of nitrogens with one attached hydrogen (secondary N) is 2. The van der Waals surface area contributed by atoms with Crippen LogP contribution in [0, 0.1) is 24.4 Å². The Morgan fingerprint density at radius 1 is 1.09 bits per heavy atom. The summed E-state index contributed by atoms with van der Waals surface area (Å²) in [7, 11) is 0. The van der Waals surface area contributed by atoms with Crippen molar-refractivity contribution in [3.8, 4) is 0 Å². The molecule has 0 aliphatic heterocycles. The van der Waals surface area contributed by atoms with Crippen LogP contribution in [0.1, 0.15) is 12.5 Å². The summed E-state index contributed by atoms with van der Waals surface area (Å²) in [5.41, 5.74) is 1.35. The van der Waals surface area contributed by atoms with E-state index in [1.165, 1.54) is 0 Å². The minimum absolute atomic E-state index is 0.401. The highest BCUT2D eigenvalue weighted by molar-refractivity contribution is 5.96. The van der Waals surface area contributed by atoms with Crippen molar-refractivity contribution < 1.29 is 18.0 Å². The van der Waals surface area contributed by atoms with E-state index in [2.05, 4.69) is 10.6 Å². The lowest BCUT2D eigenvalue weighted by Gasteiger charge is -2.16. The normalized spacial score (nSPS) is 11.9. The molecule has 116 valence electrons. The minimum atomic E-state index is -1.61. The highest BCUT2D eigenvalue weighted by Gasteiger charge is 2.18. The summed E-state index contributed by atoms with van der Waals surface area (Å²) in [4.78, 5) is 12.0. The molecule has 0 aliphatic carbocycles. The van der Waals surface area contributed by atoms with Crippen LogP contribution in [0.15, 0.2) is 36.4 Å². The maximum absolute atomic E-state index is 13.5. The van der Waals surface area contributed by atoms with E-state index < -0.39 is 35.1 Å². The minimum Gasteiger partial charge on any atom is -0.374 e. The molecule has 0 fully saturated rings. The number of amides is 1. The maximum atomic E-state index is 13.5. The highest BCUT2D eigenvalue weighted by Crippen LogP contribution is 2.20. The third-order valence-electron chi connectivity index (χ3n) is 3.09. The molecule has 1 atom stereocenters. The number of aryl methyl sites for hydroxylation is 1. The summed E-state index contributed by atoms with van der Waals surface area (Å²) in [6.45, 7) is 3.49. The Hall–Kier alpha value is -2.50. The average molecular weight is 308 g/mol. The molecule has 0 aromatic heterocycles. The van der Waals surface area contributed by atoms with Gasteiger partial charge in [0.25, 0.3) is 0 Å². The third-order valence-corrected chi connectivity index (χ3v) is 3.09. The lowest BCUT2D eigenvalue weighted by Crippen LogP contribution is -2.32. The first-order valence-electron chi connectivity index (χ1n) is 6.66. The summed E-state index contributed by atoms with van der Waals surface area (Å²) in [5, 5.41) is 5.18. The highest BCUT2D eigenvalue weighted by atomic mass is 19.2. The first kappa shape index (κ1) is 15.9. The molecule has 2 rings (SSSR count). The Kier molecular flexibility index (Phi) is 4.70. The van der Waals surface area contributed by atoms with Gasteiger partial charge in [0.1, 0.15) is 6.04 Å². The van der Waals surface area contributed by atoms with E-state index in [-0.39, 0.29) is 0 Å². The lowest BCUT2D eigenvalue weighted by molar-refractivity contribution is -0.116. The van der Waals surface area contributed by atoms with Gasteiger partial charge in [0.05, 0.1) is 5.69 Å². The predicted octanol–water partition coefficient (Wildman–Crippen LogP) is 3.85.